The van der Waals surface area contributed by atoms with Gasteiger partial charge in [-0.1, -0.05) is 0 Å². The second kappa shape index (κ2) is 5.82. The average molecular weight is 295 g/mol. The maximum Gasteiger partial charge on any atom is 0.412 e. The Labute approximate surface area is 121 Å². The van der Waals surface area contributed by atoms with Crippen LogP contribution in [0.1, 0.15) is 47.1 Å². The maximum absolute atomic E-state index is 11.7. The molecule has 21 heavy (non-hydrogen) atoms. The standard InChI is InChI=1S/C14H17NO6/c1-7-5-10(15-13(20)21-14(2,3)4)9(12(18)19)6-8(7)11(16)17/h5-6H,1-4H3,(H,15,20)(H,16,17)(H,18,19). The number of carboxylic acid groups (broad SMARTS) is 2. The van der Waals surface area contributed by atoms with E-state index in [4.69, 9.17) is 14.9 Å². The number of carbonyl (C=O) groups is 3. The number of rotatable bonds is 3. The predicted molar refractivity (Wildman–Crippen MR) is 75.0 cm³/mol. The Hall–Kier alpha value is -2.57. The Morgan fingerprint density at radius 1 is 1.05 bits per heavy atom. The SMILES string of the molecule is Cc1cc(NC(=O)OC(C)(C)C)c(C(=O)O)cc1C(=O)O. The molecule has 0 aliphatic heterocycles. The fourth-order valence-corrected chi connectivity index (χ4v) is 1.63. The number of aryl methyl sites for hydroxylation is 1. The Balaban J connectivity index is 3.18. The van der Waals surface area contributed by atoms with Gasteiger partial charge in [0.2, 0.25) is 0 Å². The molecule has 3 N–H and O–H groups in total. The number of hydrogen-bond acceptors (Lipinski definition) is 4. The quantitative estimate of drug-likeness (QED) is 0.790. The van der Waals surface area contributed by atoms with Crippen molar-refractivity contribution < 1.29 is 29.3 Å². The van der Waals surface area contributed by atoms with Gasteiger partial charge in [-0.05, 0) is 45.4 Å². The molecule has 0 radical (unpaired) electrons. The van der Waals surface area contributed by atoms with Crippen LogP contribution in [0.3, 0.4) is 0 Å². The summed E-state index contributed by atoms with van der Waals surface area (Å²) in [5, 5.41) is 20.4. The van der Waals surface area contributed by atoms with Crippen LogP contribution in [0.4, 0.5) is 10.5 Å². The molecule has 7 nitrogen and oxygen atoms in total. The second-order valence-corrected chi connectivity index (χ2v) is 5.45. The molecule has 0 aliphatic rings. The molecule has 0 saturated carbocycles. The number of aromatic carboxylic acids is 2. The van der Waals surface area contributed by atoms with Crippen LogP contribution in [0.2, 0.25) is 0 Å². The van der Waals surface area contributed by atoms with Gasteiger partial charge in [0.15, 0.2) is 0 Å². The van der Waals surface area contributed by atoms with Crippen molar-refractivity contribution in [2.45, 2.75) is 33.3 Å². The van der Waals surface area contributed by atoms with E-state index in [0.717, 1.165) is 6.07 Å². The van der Waals surface area contributed by atoms with Crippen LogP contribution >= 0.6 is 0 Å². The highest BCUT2D eigenvalue weighted by atomic mass is 16.6. The van der Waals surface area contributed by atoms with E-state index in [9.17, 15) is 14.4 Å². The largest absolute Gasteiger partial charge is 0.478 e. The lowest BCUT2D eigenvalue weighted by molar-refractivity contribution is 0.0634. The molecule has 114 valence electrons. The van der Waals surface area contributed by atoms with E-state index in [1.807, 2.05) is 0 Å². The molecule has 0 atom stereocenters. The van der Waals surface area contributed by atoms with Crippen molar-refractivity contribution in [3.05, 3.63) is 28.8 Å². The Morgan fingerprint density at radius 3 is 2.00 bits per heavy atom. The van der Waals surface area contributed by atoms with Crippen molar-refractivity contribution >= 4 is 23.7 Å². The summed E-state index contributed by atoms with van der Waals surface area (Å²) in [5.74, 6) is -2.58. The fraction of sp³-hybridized carbons (Fsp3) is 0.357. The fourth-order valence-electron chi connectivity index (χ4n) is 1.63. The first-order valence-electron chi connectivity index (χ1n) is 6.12. The topological polar surface area (TPSA) is 113 Å². The monoisotopic (exact) mass is 295 g/mol. The van der Waals surface area contributed by atoms with Gasteiger partial charge < -0.3 is 14.9 Å². The second-order valence-electron chi connectivity index (χ2n) is 5.45. The molecule has 0 unspecified atom stereocenters. The summed E-state index contributed by atoms with van der Waals surface area (Å²) in [4.78, 5) is 33.9. The molecule has 1 aromatic rings. The van der Waals surface area contributed by atoms with Gasteiger partial charge in [-0.2, -0.15) is 0 Å². The molecule has 0 spiro atoms. The third-order valence-corrected chi connectivity index (χ3v) is 2.46. The lowest BCUT2D eigenvalue weighted by Gasteiger charge is -2.20. The highest BCUT2D eigenvalue weighted by Crippen LogP contribution is 2.22. The Kier molecular flexibility index (Phi) is 4.57. The zero-order valence-corrected chi connectivity index (χ0v) is 12.2. The van der Waals surface area contributed by atoms with Crippen molar-refractivity contribution in [2.75, 3.05) is 5.32 Å². The van der Waals surface area contributed by atoms with Gasteiger partial charge in [0.25, 0.3) is 0 Å². The van der Waals surface area contributed by atoms with E-state index >= 15 is 0 Å². The summed E-state index contributed by atoms with van der Waals surface area (Å²) in [6.45, 7) is 6.52. The van der Waals surface area contributed by atoms with Gasteiger partial charge in [-0.15, -0.1) is 0 Å². The predicted octanol–water partition coefficient (Wildman–Crippen LogP) is 2.74. The third-order valence-electron chi connectivity index (χ3n) is 2.46. The Morgan fingerprint density at radius 2 is 1.57 bits per heavy atom. The van der Waals surface area contributed by atoms with Crippen LogP contribution in [-0.4, -0.2) is 33.8 Å². The van der Waals surface area contributed by atoms with Gasteiger partial charge in [-0.3, -0.25) is 5.32 Å². The van der Waals surface area contributed by atoms with Crippen molar-refractivity contribution in [1.29, 1.82) is 0 Å². The summed E-state index contributed by atoms with van der Waals surface area (Å²) in [6.07, 6.45) is -0.813. The highest BCUT2D eigenvalue weighted by molar-refractivity contribution is 6.02. The van der Waals surface area contributed by atoms with Crippen LogP contribution in [-0.2, 0) is 4.74 Å². The first kappa shape index (κ1) is 16.5. The summed E-state index contributed by atoms with van der Waals surface area (Å²) in [7, 11) is 0. The molecule has 0 saturated heterocycles. The average Bonchev–Trinajstić information content (AvgIpc) is 2.24. The van der Waals surface area contributed by atoms with Crippen LogP contribution in [0.25, 0.3) is 0 Å². The van der Waals surface area contributed by atoms with Crippen LogP contribution in [0.5, 0.6) is 0 Å². The third kappa shape index (κ3) is 4.48. The van der Waals surface area contributed by atoms with E-state index in [-0.39, 0.29) is 16.8 Å². The maximum atomic E-state index is 11.7. The van der Waals surface area contributed by atoms with Gasteiger partial charge in [0, 0.05) is 0 Å². The number of carboxylic acids is 2. The Bertz CT molecular complexity index is 600. The molecule has 0 fully saturated rings. The van der Waals surface area contributed by atoms with E-state index in [1.165, 1.54) is 13.0 Å². The van der Waals surface area contributed by atoms with Gasteiger partial charge in [0.1, 0.15) is 5.60 Å². The van der Waals surface area contributed by atoms with Gasteiger partial charge in [-0.25, -0.2) is 14.4 Å². The van der Waals surface area contributed by atoms with Gasteiger partial charge in [0.05, 0.1) is 16.8 Å². The summed E-state index contributed by atoms with van der Waals surface area (Å²) < 4.78 is 5.03. The van der Waals surface area contributed by atoms with Crippen LogP contribution in [0, 0.1) is 6.92 Å². The normalized spacial score (nSPS) is 10.9. The van der Waals surface area contributed by atoms with Crippen molar-refractivity contribution in [3.63, 3.8) is 0 Å². The van der Waals surface area contributed by atoms with E-state index < -0.39 is 23.6 Å². The minimum atomic E-state index is -1.34. The lowest BCUT2D eigenvalue weighted by Crippen LogP contribution is -2.28. The number of hydrogen-bond donors (Lipinski definition) is 3. The summed E-state index contributed by atoms with van der Waals surface area (Å²) >= 11 is 0. The molecule has 0 bridgehead atoms. The summed E-state index contributed by atoms with van der Waals surface area (Å²) in [6, 6.07) is 2.30. The van der Waals surface area contributed by atoms with E-state index in [0.29, 0.717) is 5.56 Å². The minimum absolute atomic E-state index is 0.0146. The molecule has 0 aliphatic carbocycles. The molecular formula is C14H17NO6. The molecule has 0 aromatic heterocycles. The molecular weight excluding hydrogens is 278 g/mol. The number of ether oxygens (including phenoxy) is 1. The molecule has 0 heterocycles. The van der Waals surface area contributed by atoms with Crippen LogP contribution in [0.15, 0.2) is 12.1 Å². The zero-order chi connectivity index (χ0) is 16.4. The smallest absolute Gasteiger partial charge is 0.412 e. The lowest BCUT2D eigenvalue weighted by atomic mass is 10.0. The van der Waals surface area contributed by atoms with Crippen molar-refractivity contribution in [2.24, 2.45) is 0 Å². The number of benzene rings is 1. The van der Waals surface area contributed by atoms with E-state index in [2.05, 4.69) is 5.32 Å². The van der Waals surface area contributed by atoms with E-state index in [1.54, 1.807) is 20.8 Å². The number of amides is 1. The molecule has 1 aromatic carbocycles. The molecule has 7 heteroatoms. The van der Waals surface area contributed by atoms with Crippen molar-refractivity contribution in [1.82, 2.24) is 0 Å². The van der Waals surface area contributed by atoms with Crippen LogP contribution < -0.4 is 5.32 Å². The number of carbonyl (C=O) groups excluding carboxylic acids is 1. The molecule has 1 amide bonds. The first-order valence-corrected chi connectivity index (χ1v) is 6.12. The first-order chi connectivity index (χ1) is 9.51. The number of nitrogens with one attached hydrogen (secondary N) is 1. The van der Waals surface area contributed by atoms with Crippen molar-refractivity contribution in [3.8, 4) is 0 Å². The highest BCUT2D eigenvalue weighted by Gasteiger charge is 2.21. The summed E-state index contributed by atoms with van der Waals surface area (Å²) in [5.41, 5.74) is -0.868. The number of anilines is 1. The zero-order valence-electron chi connectivity index (χ0n) is 12.2. The van der Waals surface area contributed by atoms with Gasteiger partial charge >= 0.3 is 18.0 Å². The molecule has 1 rings (SSSR count). The minimum Gasteiger partial charge on any atom is -0.478 e.